The average Bonchev–Trinajstić information content (AvgIpc) is 3.04. The normalized spacial score (nSPS) is 23.3. The molecule has 26 heavy (non-hydrogen) atoms. The molecule has 5 nitrogen and oxygen atoms in total. The Labute approximate surface area is 157 Å². The molecule has 0 N–H and O–H groups in total. The van der Waals surface area contributed by atoms with Gasteiger partial charge < -0.3 is 4.90 Å². The van der Waals surface area contributed by atoms with E-state index in [1.165, 1.54) is 0 Å². The van der Waals surface area contributed by atoms with Crippen LogP contribution >= 0.6 is 0 Å². The van der Waals surface area contributed by atoms with E-state index < -0.39 is 10.0 Å². The van der Waals surface area contributed by atoms with Crippen LogP contribution in [-0.4, -0.2) is 49.7 Å². The van der Waals surface area contributed by atoms with Crippen molar-refractivity contribution in [1.29, 1.82) is 0 Å². The van der Waals surface area contributed by atoms with Gasteiger partial charge in [0.05, 0.1) is 4.90 Å². The summed E-state index contributed by atoms with van der Waals surface area (Å²) in [6, 6.07) is 6.61. The van der Waals surface area contributed by atoms with Crippen LogP contribution in [0.15, 0.2) is 29.2 Å². The van der Waals surface area contributed by atoms with Crippen molar-refractivity contribution in [3.63, 3.8) is 0 Å². The van der Waals surface area contributed by atoms with Gasteiger partial charge in [-0.25, -0.2) is 8.42 Å². The van der Waals surface area contributed by atoms with Crippen molar-refractivity contribution in [2.24, 2.45) is 5.92 Å². The molecular formula is C20H30N2O3S. The second kappa shape index (κ2) is 8.53. The average molecular weight is 379 g/mol. The van der Waals surface area contributed by atoms with E-state index in [-0.39, 0.29) is 10.8 Å². The van der Waals surface area contributed by atoms with Crippen molar-refractivity contribution in [3.8, 4) is 0 Å². The molecule has 1 atom stereocenters. The molecule has 0 radical (unpaired) electrons. The van der Waals surface area contributed by atoms with E-state index in [4.69, 9.17) is 0 Å². The van der Waals surface area contributed by atoms with Crippen LogP contribution in [0.25, 0.3) is 0 Å². The van der Waals surface area contributed by atoms with Crippen molar-refractivity contribution in [3.05, 3.63) is 29.8 Å². The minimum atomic E-state index is -3.53. The van der Waals surface area contributed by atoms with Gasteiger partial charge in [0.2, 0.25) is 10.0 Å². The number of carbonyl (C=O) groups excluding carboxylic acids is 1. The fourth-order valence-electron chi connectivity index (χ4n) is 3.87. The summed E-state index contributed by atoms with van der Waals surface area (Å²) in [5, 5.41) is 0. The molecule has 2 heterocycles. The Hall–Kier alpha value is -1.40. The maximum atomic E-state index is 13.0. The van der Waals surface area contributed by atoms with Gasteiger partial charge in [-0.05, 0) is 56.2 Å². The van der Waals surface area contributed by atoms with E-state index in [2.05, 4.69) is 6.92 Å². The summed E-state index contributed by atoms with van der Waals surface area (Å²) < 4.78 is 27.6. The second-order valence-corrected chi connectivity index (χ2v) is 9.61. The quantitative estimate of drug-likeness (QED) is 0.809. The van der Waals surface area contributed by atoms with E-state index in [1.54, 1.807) is 28.6 Å². The predicted molar refractivity (Wildman–Crippen MR) is 103 cm³/mol. The molecule has 0 aromatic heterocycles. The molecule has 6 heteroatoms. The summed E-state index contributed by atoms with van der Waals surface area (Å²) in [5.74, 6) is 0.592. The lowest BCUT2D eigenvalue weighted by atomic mass is 10.0. The van der Waals surface area contributed by atoms with Crippen LogP contribution in [0.5, 0.6) is 0 Å². The lowest BCUT2D eigenvalue weighted by molar-refractivity contribution is 0.0760. The highest BCUT2D eigenvalue weighted by Crippen LogP contribution is 2.23. The Balaban J connectivity index is 1.79. The zero-order valence-electron chi connectivity index (χ0n) is 15.7. The fraction of sp³-hybridized carbons (Fsp3) is 0.650. The van der Waals surface area contributed by atoms with Gasteiger partial charge in [0.15, 0.2) is 0 Å². The fourth-order valence-corrected chi connectivity index (χ4v) is 5.43. The third-order valence-corrected chi connectivity index (χ3v) is 7.48. The standard InChI is InChI=1S/C20H30N2O3S/c1-17-8-7-12-21(15-11-17)20(23)18-9-6-10-19(16-18)26(24,25)22-13-4-2-3-5-14-22/h6,9-10,16-17H,2-5,7-8,11-15H2,1H3. The lowest BCUT2D eigenvalue weighted by Crippen LogP contribution is -2.33. The number of amides is 1. The number of carbonyl (C=O) groups is 1. The van der Waals surface area contributed by atoms with Crippen LogP contribution in [0.1, 0.15) is 62.2 Å². The van der Waals surface area contributed by atoms with Gasteiger partial charge in [-0.2, -0.15) is 4.31 Å². The van der Waals surface area contributed by atoms with Gasteiger partial charge >= 0.3 is 0 Å². The first kappa shape index (κ1) is 19.4. The number of sulfonamides is 1. The van der Waals surface area contributed by atoms with Crippen molar-refractivity contribution >= 4 is 15.9 Å². The van der Waals surface area contributed by atoms with Gasteiger partial charge in [-0.15, -0.1) is 0 Å². The monoisotopic (exact) mass is 378 g/mol. The van der Waals surface area contributed by atoms with Gasteiger partial charge in [0.25, 0.3) is 5.91 Å². The van der Waals surface area contributed by atoms with Crippen molar-refractivity contribution in [1.82, 2.24) is 9.21 Å². The molecule has 1 aromatic carbocycles. The summed E-state index contributed by atoms with van der Waals surface area (Å²) in [5.41, 5.74) is 0.482. The number of nitrogens with zero attached hydrogens (tertiary/aromatic N) is 2. The van der Waals surface area contributed by atoms with Crippen molar-refractivity contribution in [2.75, 3.05) is 26.2 Å². The van der Waals surface area contributed by atoms with Crippen LogP contribution in [0.3, 0.4) is 0 Å². The largest absolute Gasteiger partial charge is 0.339 e. The highest BCUT2D eigenvalue weighted by Gasteiger charge is 2.27. The van der Waals surface area contributed by atoms with Gasteiger partial charge in [-0.1, -0.05) is 25.8 Å². The molecular weight excluding hydrogens is 348 g/mol. The molecule has 3 rings (SSSR count). The van der Waals surface area contributed by atoms with Gasteiger partial charge in [0, 0.05) is 31.7 Å². The molecule has 0 spiro atoms. The smallest absolute Gasteiger partial charge is 0.253 e. The number of hydrogen-bond acceptors (Lipinski definition) is 3. The zero-order valence-corrected chi connectivity index (χ0v) is 16.5. The molecule has 1 aromatic rings. The maximum Gasteiger partial charge on any atom is 0.253 e. The van der Waals surface area contributed by atoms with Crippen LogP contribution in [0.4, 0.5) is 0 Å². The third kappa shape index (κ3) is 4.46. The molecule has 1 amide bonds. The third-order valence-electron chi connectivity index (χ3n) is 5.59. The highest BCUT2D eigenvalue weighted by atomic mass is 32.2. The van der Waals surface area contributed by atoms with Gasteiger partial charge in [-0.3, -0.25) is 4.79 Å². The first-order valence-corrected chi connectivity index (χ1v) is 11.3. The minimum absolute atomic E-state index is 0.0491. The Morgan fingerprint density at radius 2 is 1.69 bits per heavy atom. The van der Waals surface area contributed by atoms with E-state index in [9.17, 15) is 13.2 Å². The number of benzene rings is 1. The van der Waals surface area contributed by atoms with Crippen LogP contribution in [-0.2, 0) is 10.0 Å². The van der Waals surface area contributed by atoms with Crippen LogP contribution < -0.4 is 0 Å². The number of hydrogen-bond donors (Lipinski definition) is 0. The molecule has 1 unspecified atom stereocenters. The molecule has 0 bridgehead atoms. The highest BCUT2D eigenvalue weighted by molar-refractivity contribution is 7.89. The summed E-state index contributed by atoms with van der Waals surface area (Å²) in [6.45, 7) is 4.88. The van der Waals surface area contributed by atoms with Gasteiger partial charge in [0.1, 0.15) is 0 Å². The first-order chi connectivity index (χ1) is 12.5. The summed E-state index contributed by atoms with van der Waals surface area (Å²) in [6.07, 6.45) is 7.15. The van der Waals surface area contributed by atoms with Crippen LogP contribution in [0, 0.1) is 5.92 Å². The van der Waals surface area contributed by atoms with Crippen molar-refractivity contribution in [2.45, 2.75) is 56.8 Å². The topological polar surface area (TPSA) is 57.7 Å². The molecule has 2 aliphatic heterocycles. The molecule has 2 saturated heterocycles. The predicted octanol–water partition coefficient (Wildman–Crippen LogP) is 3.51. The molecule has 0 aliphatic carbocycles. The maximum absolute atomic E-state index is 13.0. The Morgan fingerprint density at radius 3 is 2.42 bits per heavy atom. The molecule has 2 fully saturated rings. The Kier molecular flexibility index (Phi) is 6.35. The van der Waals surface area contributed by atoms with Crippen LogP contribution in [0.2, 0.25) is 0 Å². The molecule has 2 aliphatic rings. The van der Waals surface area contributed by atoms with E-state index in [1.807, 2.05) is 4.90 Å². The van der Waals surface area contributed by atoms with E-state index >= 15 is 0 Å². The molecule has 0 saturated carbocycles. The second-order valence-electron chi connectivity index (χ2n) is 7.67. The SMILES string of the molecule is CC1CCCN(C(=O)c2cccc(S(=O)(=O)N3CCCCCC3)c2)CC1. The summed E-state index contributed by atoms with van der Waals surface area (Å²) >= 11 is 0. The summed E-state index contributed by atoms with van der Waals surface area (Å²) in [7, 11) is -3.53. The Morgan fingerprint density at radius 1 is 0.962 bits per heavy atom. The van der Waals surface area contributed by atoms with Crippen molar-refractivity contribution < 1.29 is 13.2 Å². The minimum Gasteiger partial charge on any atom is -0.339 e. The molecule has 144 valence electrons. The zero-order chi connectivity index (χ0) is 18.6. The van der Waals surface area contributed by atoms with E-state index in [0.717, 1.165) is 58.0 Å². The lowest BCUT2D eigenvalue weighted by Gasteiger charge is -2.22. The Bertz CT molecular complexity index is 724. The summed E-state index contributed by atoms with van der Waals surface area (Å²) in [4.78, 5) is 15.0. The number of rotatable bonds is 3. The van der Waals surface area contributed by atoms with E-state index in [0.29, 0.717) is 24.6 Å². The first-order valence-electron chi connectivity index (χ1n) is 9.88. The number of likely N-dealkylation sites (tertiary alicyclic amines) is 1.